The van der Waals surface area contributed by atoms with Gasteiger partial charge >= 0.3 is 0 Å². The van der Waals surface area contributed by atoms with Crippen LogP contribution in [0.5, 0.6) is 0 Å². The highest BCUT2D eigenvalue weighted by Gasteiger charge is 2.05. The van der Waals surface area contributed by atoms with Gasteiger partial charge in [-0.2, -0.15) is 5.10 Å². The van der Waals surface area contributed by atoms with E-state index in [2.05, 4.69) is 23.3 Å². The number of aromatic nitrogens is 2. The number of nitrogens with zero attached hydrogens (tertiary/aromatic N) is 2. The van der Waals surface area contributed by atoms with E-state index in [1.54, 1.807) is 4.68 Å². The minimum atomic E-state index is 0.752. The van der Waals surface area contributed by atoms with Crippen molar-refractivity contribution in [2.45, 2.75) is 0 Å². The van der Waals surface area contributed by atoms with Crippen LogP contribution in [0.15, 0.2) is 60.8 Å². The molecule has 1 heterocycles. The molecular formula is C16H15N3. The third-order valence-electron chi connectivity index (χ3n) is 3.07. The van der Waals surface area contributed by atoms with Gasteiger partial charge in [0.1, 0.15) is 0 Å². The van der Waals surface area contributed by atoms with Crippen LogP contribution in [-0.4, -0.2) is 9.78 Å². The summed E-state index contributed by atoms with van der Waals surface area (Å²) in [6, 6.07) is 18.3. The molecule has 0 saturated heterocycles. The maximum Gasteiger partial charge on any atom is 0.0923 e. The van der Waals surface area contributed by atoms with Gasteiger partial charge < -0.3 is 5.73 Å². The fraction of sp³-hybridized carbons (Fsp3) is 0.0625. The molecule has 0 atom stereocenters. The van der Waals surface area contributed by atoms with Crippen molar-refractivity contribution in [3.05, 3.63) is 60.8 Å². The van der Waals surface area contributed by atoms with Gasteiger partial charge in [-0.15, -0.1) is 0 Å². The largest absolute Gasteiger partial charge is 0.399 e. The molecule has 19 heavy (non-hydrogen) atoms. The summed E-state index contributed by atoms with van der Waals surface area (Å²) >= 11 is 0. The fourth-order valence-electron chi connectivity index (χ4n) is 2.17. The summed E-state index contributed by atoms with van der Waals surface area (Å²) in [7, 11) is 1.91. The van der Waals surface area contributed by atoms with E-state index >= 15 is 0 Å². The quantitative estimate of drug-likeness (QED) is 0.708. The molecule has 2 aromatic carbocycles. The number of hydrogen-bond acceptors (Lipinski definition) is 2. The molecule has 0 aliphatic heterocycles. The molecule has 3 aromatic rings. The summed E-state index contributed by atoms with van der Waals surface area (Å²) in [5.74, 6) is 0. The monoisotopic (exact) mass is 249 g/mol. The fourth-order valence-corrected chi connectivity index (χ4v) is 2.17. The highest BCUT2D eigenvalue weighted by atomic mass is 15.2. The number of nitrogen functional groups attached to an aromatic ring is 1. The second-order valence-electron chi connectivity index (χ2n) is 4.58. The summed E-state index contributed by atoms with van der Waals surface area (Å²) in [6.45, 7) is 0. The Balaban J connectivity index is 2.11. The van der Waals surface area contributed by atoms with Gasteiger partial charge in [-0.1, -0.05) is 30.3 Å². The van der Waals surface area contributed by atoms with Crippen LogP contribution in [0.1, 0.15) is 0 Å². The molecule has 3 nitrogen and oxygen atoms in total. The minimum absolute atomic E-state index is 0.752. The van der Waals surface area contributed by atoms with E-state index in [-0.39, 0.29) is 0 Å². The number of anilines is 1. The van der Waals surface area contributed by atoms with Crippen molar-refractivity contribution in [2.75, 3.05) is 5.73 Å². The third kappa shape index (κ3) is 2.36. The summed E-state index contributed by atoms with van der Waals surface area (Å²) < 4.78 is 1.79. The Morgan fingerprint density at radius 3 is 2.32 bits per heavy atom. The minimum Gasteiger partial charge on any atom is -0.399 e. The van der Waals surface area contributed by atoms with E-state index in [4.69, 9.17) is 5.73 Å². The topological polar surface area (TPSA) is 43.8 Å². The van der Waals surface area contributed by atoms with E-state index in [9.17, 15) is 0 Å². The zero-order chi connectivity index (χ0) is 13.2. The van der Waals surface area contributed by atoms with Gasteiger partial charge in [0.2, 0.25) is 0 Å². The van der Waals surface area contributed by atoms with Crippen molar-refractivity contribution in [3.8, 4) is 22.4 Å². The van der Waals surface area contributed by atoms with E-state index < -0.39 is 0 Å². The molecule has 2 N–H and O–H groups in total. The zero-order valence-corrected chi connectivity index (χ0v) is 10.7. The van der Waals surface area contributed by atoms with Crippen molar-refractivity contribution in [3.63, 3.8) is 0 Å². The lowest BCUT2D eigenvalue weighted by atomic mass is 10.0. The van der Waals surface area contributed by atoms with Crippen molar-refractivity contribution >= 4 is 5.69 Å². The smallest absolute Gasteiger partial charge is 0.0923 e. The van der Waals surface area contributed by atoms with Gasteiger partial charge in [-0.3, -0.25) is 4.68 Å². The average molecular weight is 249 g/mol. The van der Waals surface area contributed by atoms with Gasteiger partial charge in [0.15, 0.2) is 0 Å². The van der Waals surface area contributed by atoms with Crippen LogP contribution in [0.2, 0.25) is 0 Å². The molecule has 0 unspecified atom stereocenters. The number of hydrogen-bond donors (Lipinski definition) is 1. The van der Waals surface area contributed by atoms with Crippen molar-refractivity contribution in [1.29, 1.82) is 0 Å². The SMILES string of the molecule is Cn1ccc(-c2cc(N)cc(-c3ccccc3)c2)n1. The molecule has 3 heteroatoms. The standard InChI is InChI=1S/C16H15N3/c1-19-8-7-16(18-19)14-9-13(10-15(17)11-14)12-5-3-2-4-6-12/h2-11H,17H2,1H3. The summed E-state index contributed by atoms with van der Waals surface area (Å²) in [5, 5.41) is 4.42. The average Bonchev–Trinajstić information content (AvgIpc) is 2.86. The predicted octanol–water partition coefficient (Wildman–Crippen LogP) is 3.34. The lowest BCUT2D eigenvalue weighted by Gasteiger charge is -2.06. The predicted molar refractivity (Wildman–Crippen MR) is 78.5 cm³/mol. The van der Waals surface area contributed by atoms with Crippen molar-refractivity contribution in [2.24, 2.45) is 7.05 Å². The second-order valence-corrected chi connectivity index (χ2v) is 4.58. The van der Waals surface area contributed by atoms with Gasteiger partial charge in [-0.25, -0.2) is 0 Å². The lowest BCUT2D eigenvalue weighted by molar-refractivity contribution is 0.771. The number of aryl methyl sites for hydroxylation is 1. The van der Waals surface area contributed by atoms with Crippen LogP contribution in [0.4, 0.5) is 5.69 Å². The summed E-state index contributed by atoms with van der Waals surface area (Å²) in [4.78, 5) is 0. The van der Waals surface area contributed by atoms with Gasteiger partial charge in [0.05, 0.1) is 5.69 Å². The summed E-state index contributed by atoms with van der Waals surface area (Å²) in [5.41, 5.74) is 11.0. The Morgan fingerprint density at radius 2 is 1.63 bits per heavy atom. The second kappa shape index (κ2) is 4.61. The maximum atomic E-state index is 6.01. The van der Waals surface area contributed by atoms with Gasteiger partial charge in [0, 0.05) is 24.5 Å². The Kier molecular flexibility index (Phi) is 2.80. The number of nitrogens with two attached hydrogens (primary N) is 1. The molecule has 0 amide bonds. The molecule has 0 aliphatic carbocycles. The van der Waals surface area contributed by atoms with E-state index in [1.807, 2.05) is 49.6 Å². The Morgan fingerprint density at radius 1 is 0.895 bits per heavy atom. The Bertz CT molecular complexity index is 699. The molecule has 0 aliphatic rings. The van der Waals surface area contributed by atoms with Crippen molar-refractivity contribution < 1.29 is 0 Å². The lowest BCUT2D eigenvalue weighted by Crippen LogP contribution is -1.91. The number of benzene rings is 2. The Labute approximate surface area is 112 Å². The molecule has 0 spiro atoms. The first-order valence-electron chi connectivity index (χ1n) is 6.18. The van der Waals surface area contributed by atoms with Gasteiger partial charge in [-0.05, 0) is 35.4 Å². The highest BCUT2D eigenvalue weighted by molar-refractivity contribution is 5.75. The first-order chi connectivity index (χ1) is 9.22. The normalized spacial score (nSPS) is 10.6. The van der Waals surface area contributed by atoms with Crippen molar-refractivity contribution in [1.82, 2.24) is 9.78 Å². The van der Waals surface area contributed by atoms with E-state index in [0.717, 1.165) is 28.1 Å². The zero-order valence-electron chi connectivity index (χ0n) is 10.7. The number of rotatable bonds is 2. The Hall–Kier alpha value is -2.55. The van der Waals surface area contributed by atoms with Crippen LogP contribution in [-0.2, 0) is 7.05 Å². The van der Waals surface area contributed by atoms with Crippen LogP contribution in [0, 0.1) is 0 Å². The highest BCUT2D eigenvalue weighted by Crippen LogP contribution is 2.28. The van der Waals surface area contributed by atoms with Gasteiger partial charge in [0.25, 0.3) is 0 Å². The van der Waals surface area contributed by atoms with E-state index in [0.29, 0.717) is 0 Å². The first kappa shape index (κ1) is 11.5. The maximum absolute atomic E-state index is 6.01. The molecule has 0 fully saturated rings. The van der Waals surface area contributed by atoms with Crippen LogP contribution < -0.4 is 5.73 Å². The van der Waals surface area contributed by atoms with Crippen LogP contribution >= 0.6 is 0 Å². The molecule has 0 radical (unpaired) electrons. The molecule has 0 saturated carbocycles. The third-order valence-corrected chi connectivity index (χ3v) is 3.07. The molecule has 3 rings (SSSR count). The van der Waals surface area contributed by atoms with Crippen LogP contribution in [0.3, 0.4) is 0 Å². The molecule has 94 valence electrons. The van der Waals surface area contributed by atoms with E-state index in [1.165, 1.54) is 0 Å². The molecular weight excluding hydrogens is 234 g/mol. The first-order valence-corrected chi connectivity index (χ1v) is 6.18. The molecule has 1 aromatic heterocycles. The van der Waals surface area contributed by atoms with Crippen LogP contribution in [0.25, 0.3) is 22.4 Å². The summed E-state index contributed by atoms with van der Waals surface area (Å²) in [6.07, 6.45) is 1.93. The molecule has 0 bridgehead atoms.